The third-order valence-corrected chi connectivity index (χ3v) is 4.32. The Morgan fingerprint density at radius 1 is 1.23 bits per heavy atom. The van der Waals surface area contributed by atoms with Gasteiger partial charge in [0.05, 0.1) is 18.1 Å². The second kappa shape index (κ2) is 12.2. The maximum absolute atomic E-state index is 12.8. The van der Waals surface area contributed by atoms with Crippen molar-refractivity contribution in [3.63, 3.8) is 0 Å². The van der Waals surface area contributed by atoms with Gasteiger partial charge in [-0.1, -0.05) is 42.7 Å². The average molecular weight is 411 g/mol. The van der Waals surface area contributed by atoms with E-state index in [4.69, 9.17) is 10.6 Å². The van der Waals surface area contributed by atoms with Gasteiger partial charge in [-0.25, -0.2) is 14.8 Å². The van der Waals surface area contributed by atoms with Crippen LogP contribution in [0.5, 0.6) is 0 Å². The van der Waals surface area contributed by atoms with Crippen molar-refractivity contribution in [2.24, 2.45) is 5.11 Å². The van der Waals surface area contributed by atoms with E-state index < -0.39 is 6.61 Å². The van der Waals surface area contributed by atoms with Crippen LogP contribution in [0.1, 0.15) is 41.5 Å². The molecule has 1 heterocycles. The van der Waals surface area contributed by atoms with Gasteiger partial charge in [0, 0.05) is 36.5 Å². The first kappa shape index (κ1) is 22.8. The molecule has 10 nitrogen and oxygen atoms in total. The fourth-order valence-corrected chi connectivity index (χ4v) is 2.65. The number of benzene rings is 1. The van der Waals surface area contributed by atoms with Crippen LogP contribution in [0.2, 0.25) is 0 Å². The highest BCUT2D eigenvalue weighted by molar-refractivity contribution is 5.96. The highest BCUT2D eigenvalue weighted by Gasteiger charge is 2.15. The number of nitrogens with zero attached hydrogens (tertiary/aromatic N) is 6. The quantitative estimate of drug-likeness (QED) is 0.252. The topological polar surface area (TPSA) is 144 Å². The van der Waals surface area contributed by atoms with Crippen molar-refractivity contribution in [1.82, 2.24) is 14.9 Å². The number of unbranched alkanes of at least 4 members (excludes halogenated alkanes) is 1. The van der Waals surface area contributed by atoms with Gasteiger partial charge in [0.15, 0.2) is 5.78 Å². The Hall–Kier alpha value is -3.49. The number of nitrogens with one attached hydrogen (secondary N) is 1. The number of azide groups is 1. The second-order valence-electron chi connectivity index (χ2n) is 6.58. The molecule has 0 saturated heterocycles. The molecular weight excluding hydrogens is 386 g/mol. The number of anilines is 1. The maximum atomic E-state index is 12.8. The van der Waals surface area contributed by atoms with Gasteiger partial charge < -0.3 is 15.3 Å². The van der Waals surface area contributed by atoms with Crippen molar-refractivity contribution in [3.8, 4) is 0 Å². The molecule has 1 aromatic carbocycles. The van der Waals surface area contributed by atoms with E-state index in [0.717, 1.165) is 18.4 Å². The molecule has 10 heteroatoms. The largest absolute Gasteiger partial charge is 0.388 e. The zero-order valence-corrected chi connectivity index (χ0v) is 16.9. The Morgan fingerprint density at radius 2 is 1.93 bits per heavy atom. The molecule has 0 unspecified atom stereocenters. The SMILES string of the molecule is CCCCN(Cc1ccc(C(=O)CO)cc1)C(=O)Nc1cnc(CCN=[N+]=[N-])nc1. The monoisotopic (exact) mass is 411 g/mol. The van der Waals surface area contributed by atoms with E-state index in [1.165, 1.54) is 12.4 Å². The first-order chi connectivity index (χ1) is 14.6. The first-order valence-electron chi connectivity index (χ1n) is 9.68. The highest BCUT2D eigenvalue weighted by atomic mass is 16.3. The number of aromatic nitrogens is 2. The summed E-state index contributed by atoms with van der Waals surface area (Å²) in [5.74, 6) is 0.186. The summed E-state index contributed by atoms with van der Waals surface area (Å²) < 4.78 is 0. The number of ketones is 1. The van der Waals surface area contributed by atoms with Gasteiger partial charge in [0.2, 0.25) is 0 Å². The van der Waals surface area contributed by atoms with E-state index in [0.29, 0.717) is 36.6 Å². The number of carbonyl (C=O) groups excluding carboxylic acids is 2. The molecule has 0 radical (unpaired) electrons. The number of Topliss-reactive ketones (excluding diaryl/α,β-unsaturated/α-hetero) is 1. The van der Waals surface area contributed by atoms with E-state index in [-0.39, 0.29) is 18.4 Å². The van der Waals surface area contributed by atoms with Crippen molar-refractivity contribution in [2.45, 2.75) is 32.7 Å². The molecule has 0 spiro atoms. The lowest BCUT2D eigenvalue weighted by Crippen LogP contribution is -2.35. The molecule has 0 aliphatic rings. The van der Waals surface area contributed by atoms with E-state index >= 15 is 0 Å². The molecule has 0 aliphatic carbocycles. The maximum Gasteiger partial charge on any atom is 0.322 e. The van der Waals surface area contributed by atoms with Crippen molar-refractivity contribution in [2.75, 3.05) is 25.0 Å². The minimum absolute atomic E-state index is 0.274. The fraction of sp³-hybridized carbons (Fsp3) is 0.400. The zero-order chi connectivity index (χ0) is 21.8. The lowest BCUT2D eigenvalue weighted by Gasteiger charge is -2.23. The standard InChI is InChI=1S/C20H25N7O3/c1-2-3-10-27(13-15-4-6-16(7-5-15)18(29)14-28)20(30)25-17-11-22-19(23-12-17)8-9-24-26-21/h4-7,11-12,28H,2-3,8-10,13-14H2,1H3,(H,25,30). The third kappa shape index (κ3) is 7.16. The third-order valence-electron chi connectivity index (χ3n) is 4.32. The number of urea groups is 1. The van der Waals surface area contributed by atoms with Crippen LogP contribution in [0.4, 0.5) is 10.5 Å². The minimum Gasteiger partial charge on any atom is -0.388 e. The summed E-state index contributed by atoms with van der Waals surface area (Å²) in [4.78, 5) is 37.0. The Kier molecular flexibility index (Phi) is 9.23. The van der Waals surface area contributed by atoms with Crippen molar-refractivity contribution >= 4 is 17.5 Å². The molecule has 2 rings (SSSR count). The van der Waals surface area contributed by atoms with Crippen LogP contribution in [-0.2, 0) is 13.0 Å². The van der Waals surface area contributed by atoms with Gasteiger partial charge in [-0.3, -0.25) is 4.79 Å². The predicted octanol–water partition coefficient (Wildman–Crippen LogP) is 3.34. The van der Waals surface area contributed by atoms with Crippen LogP contribution in [0.3, 0.4) is 0 Å². The molecule has 30 heavy (non-hydrogen) atoms. The Morgan fingerprint density at radius 3 is 2.53 bits per heavy atom. The van der Waals surface area contributed by atoms with Gasteiger partial charge in [-0.2, -0.15) is 0 Å². The second-order valence-corrected chi connectivity index (χ2v) is 6.58. The first-order valence-corrected chi connectivity index (χ1v) is 9.68. The number of carbonyl (C=O) groups is 2. The number of hydrogen-bond donors (Lipinski definition) is 2. The summed E-state index contributed by atoms with van der Waals surface area (Å²) in [5, 5.41) is 15.2. The van der Waals surface area contributed by atoms with E-state index in [1.54, 1.807) is 29.2 Å². The number of hydrogen-bond acceptors (Lipinski definition) is 6. The van der Waals surface area contributed by atoms with Crippen LogP contribution in [0, 0.1) is 0 Å². The van der Waals surface area contributed by atoms with Gasteiger partial charge in [0.25, 0.3) is 0 Å². The molecule has 0 bridgehead atoms. The smallest absolute Gasteiger partial charge is 0.322 e. The van der Waals surface area contributed by atoms with Crippen LogP contribution in [-0.4, -0.2) is 51.5 Å². The van der Waals surface area contributed by atoms with Crippen molar-refractivity contribution in [1.29, 1.82) is 0 Å². The van der Waals surface area contributed by atoms with E-state index in [1.807, 2.05) is 6.92 Å². The van der Waals surface area contributed by atoms with Gasteiger partial charge >= 0.3 is 6.03 Å². The summed E-state index contributed by atoms with van der Waals surface area (Å²) in [6.07, 6.45) is 5.25. The Balaban J connectivity index is 2.02. The van der Waals surface area contributed by atoms with Gasteiger partial charge in [0.1, 0.15) is 12.4 Å². The number of aliphatic hydroxyl groups excluding tert-OH is 1. The molecule has 0 atom stereocenters. The molecular formula is C20H25N7O3. The van der Waals surface area contributed by atoms with Crippen LogP contribution in [0.25, 0.3) is 10.4 Å². The fourth-order valence-electron chi connectivity index (χ4n) is 2.65. The molecule has 1 aromatic heterocycles. The van der Waals surface area contributed by atoms with E-state index in [2.05, 4.69) is 25.3 Å². The van der Waals surface area contributed by atoms with Gasteiger partial charge in [-0.15, -0.1) is 0 Å². The molecule has 2 N–H and O–H groups in total. The molecule has 158 valence electrons. The molecule has 0 fully saturated rings. The molecule has 2 amide bonds. The lowest BCUT2D eigenvalue weighted by molar-refractivity contribution is 0.0903. The summed E-state index contributed by atoms with van der Waals surface area (Å²) in [5.41, 5.74) is 10.1. The lowest BCUT2D eigenvalue weighted by atomic mass is 10.1. The number of amides is 2. The van der Waals surface area contributed by atoms with Crippen LogP contribution in [0.15, 0.2) is 41.8 Å². The zero-order valence-electron chi connectivity index (χ0n) is 16.9. The molecule has 0 aliphatic heterocycles. The van der Waals surface area contributed by atoms with E-state index in [9.17, 15) is 9.59 Å². The Labute approximate surface area is 174 Å². The molecule has 0 saturated carbocycles. The van der Waals surface area contributed by atoms with Crippen molar-refractivity contribution < 1.29 is 14.7 Å². The summed E-state index contributed by atoms with van der Waals surface area (Å²) in [6.45, 7) is 2.75. The molecule has 2 aromatic rings. The van der Waals surface area contributed by atoms with Crippen molar-refractivity contribution in [3.05, 3.63) is 64.1 Å². The number of aliphatic hydroxyl groups is 1. The van der Waals surface area contributed by atoms with Crippen LogP contribution < -0.4 is 5.32 Å². The average Bonchev–Trinajstić information content (AvgIpc) is 2.77. The normalized spacial score (nSPS) is 10.2. The summed E-state index contributed by atoms with van der Waals surface area (Å²) >= 11 is 0. The summed E-state index contributed by atoms with van der Waals surface area (Å²) in [7, 11) is 0. The van der Waals surface area contributed by atoms with Crippen LogP contribution >= 0.6 is 0 Å². The minimum atomic E-state index is -0.531. The highest BCUT2D eigenvalue weighted by Crippen LogP contribution is 2.12. The Bertz CT molecular complexity index is 878. The summed E-state index contributed by atoms with van der Waals surface area (Å²) in [6, 6.07) is 6.57. The number of rotatable bonds is 11. The predicted molar refractivity (Wildman–Crippen MR) is 112 cm³/mol. The van der Waals surface area contributed by atoms with Gasteiger partial charge in [-0.05, 0) is 17.5 Å².